The Kier molecular flexibility index (Phi) is 4.96. The molecule has 1 amide bonds. The number of carbonyl (C=O) groups excluding carboxylic acids is 3. The Morgan fingerprint density at radius 1 is 1.15 bits per heavy atom. The van der Waals surface area contributed by atoms with Gasteiger partial charge in [0.2, 0.25) is 5.91 Å². The van der Waals surface area contributed by atoms with Gasteiger partial charge in [-0.2, -0.15) is 0 Å². The molecule has 0 saturated carbocycles. The third kappa shape index (κ3) is 5.11. The molecule has 0 aromatic rings. The minimum Gasteiger partial charge on any atom is -0.299 e. The second-order valence-electron chi connectivity index (χ2n) is 3.09. The smallest absolute Gasteiger partial charge is 0.238 e. The van der Waals surface area contributed by atoms with Crippen molar-refractivity contribution in [3.8, 4) is 0 Å². The maximum atomic E-state index is 10.9. The highest BCUT2D eigenvalue weighted by Gasteiger charge is 2.18. The Morgan fingerprint density at radius 3 is 1.92 bits per heavy atom. The third-order valence-corrected chi connectivity index (χ3v) is 1.88. The van der Waals surface area contributed by atoms with E-state index < -0.39 is 11.8 Å². The van der Waals surface area contributed by atoms with E-state index in [0.717, 1.165) is 0 Å². The van der Waals surface area contributed by atoms with Crippen LogP contribution in [0.2, 0.25) is 0 Å². The topological polar surface area (TPSA) is 75.0 Å². The zero-order valence-electron chi connectivity index (χ0n) is 7.92. The van der Waals surface area contributed by atoms with Gasteiger partial charge >= 0.3 is 0 Å². The lowest BCUT2D eigenvalue weighted by atomic mass is 9.94. The van der Waals surface area contributed by atoms with Crippen molar-refractivity contribution in [3.63, 3.8) is 0 Å². The molecule has 0 heterocycles. The number of ketones is 2. The minimum atomic E-state index is -0.647. The number of Topliss-reactive ketones (excluding diaryl/α,β-unsaturated/α-hetero) is 2. The SMILES string of the molecule is CC(=O)C(CCCC([NH])=O)C(C)=O. The van der Waals surface area contributed by atoms with Crippen LogP contribution in [-0.2, 0) is 14.4 Å². The summed E-state index contributed by atoms with van der Waals surface area (Å²) in [5, 5.41) is 0. The van der Waals surface area contributed by atoms with Crippen molar-refractivity contribution >= 4 is 17.5 Å². The van der Waals surface area contributed by atoms with Gasteiger partial charge < -0.3 is 0 Å². The molecule has 0 saturated heterocycles. The standard InChI is InChI=1S/C9H14NO3/c1-6(11)8(7(2)12)4-3-5-9(10)13/h8,10H,3-5H2,1-2H3. The van der Waals surface area contributed by atoms with Crippen LogP contribution >= 0.6 is 0 Å². The number of hydrogen-bond donors (Lipinski definition) is 0. The van der Waals surface area contributed by atoms with Crippen molar-refractivity contribution in [2.75, 3.05) is 0 Å². The van der Waals surface area contributed by atoms with Crippen molar-refractivity contribution in [2.24, 2.45) is 5.92 Å². The Morgan fingerprint density at radius 2 is 1.62 bits per heavy atom. The summed E-state index contributed by atoms with van der Waals surface area (Å²) in [7, 11) is 0. The summed E-state index contributed by atoms with van der Waals surface area (Å²) in [5.74, 6) is -1.56. The molecular weight excluding hydrogens is 170 g/mol. The highest BCUT2D eigenvalue weighted by atomic mass is 16.2. The van der Waals surface area contributed by atoms with Gasteiger partial charge in [-0.15, -0.1) is 0 Å². The van der Waals surface area contributed by atoms with E-state index in [4.69, 9.17) is 5.73 Å². The molecule has 1 radical (unpaired) electrons. The average Bonchev–Trinajstić information content (AvgIpc) is 1.95. The van der Waals surface area contributed by atoms with Crippen LogP contribution in [0.5, 0.6) is 0 Å². The molecule has 0 spiro atoms. The van der Waals surface area contributed by atoms with Crippen LogP contribution in [0.1, 0.15) is 33.1 Å². The summed E-state index contributed by atoms with van der Waals surface area (Å²) in [6.45, 7) is 2.74. The molecule has 0 atom stereocenters. The Bertz CT molecular complexity index is 209. The fourth-order valence-electron chi connectivity index (χ4n) is 1.16. The summed E-state index contributed by atoms with van der Waals surface area (Å²) >= 11 is 0. The molecule has 73 valence electrons. The second kappa shape index (κ2) is 5.45. The molecule has 4 nitrogen and oxygen atoms in total. The van der Waals surface area contributed by atoms with Crippen molar-refractivity contribution in [1.29, 1.82) is 0 Å². The van der Waals surface area contributed by atoms with Gasteiger partial charge in [-0.1, -0.05) is 0 Å². The molecule has 0 aromatic carbocycles. The molecular formula is C9H14NO3. The van der Waals surface area contributed by atoms with Gasteiger partial charge in [-0.05, 0) is 26.7 Å². The summed E-state index contributed by atoms with van der Waals surface area (Å²) in [5.41, 5.74) is 6.63. The van der Waals surface area contributed by atoms with Crippen LogP contribution in [0.4, 0.5) is 0 Å². The van der Waals surface area contributed by atoms with Crippen LogP contribution < -0.4 is 5.73 Å². The lowest BCUT2D eigenvalue weighted by Crippen LogP contribution is -2.19. The lowest BCUT2D eigenvalue weighted by Gasteiger charge is -2.08. The van der Waals surface area contributed by atoms with Gasteiger partial charge in [-0.25, -0.2) is 0 Å². The maximum Gasteiger partial charge on any atom is 0.238 e. The first-order valence-electron chi connectivity index (χ1n) is 4.20. The number of nitrogens with one attached hydrogen (secondary N) is 1. The first kappa shape index (κ1) is 11.8. The highest BCUT2D eigenvalue weighted by molar-refractivity contribution is 6.00. The third-order valence-electron chi connectivity index (χ3n) is 1.88. The van der Waals surface area contributed by atoms with Gasteiger partial charge in [0.15, 0.2) is 0 Å². The van der Waals surface area contributed by atoms with E-state index in [1.165, 1.54) is 13.8 Å². The molecule has 4 heteroatoms. The quantitative estimate of drug-likeness (QED) is 0.572. The molecule has 0 bridgehead atoms. The fraction of sp³-hybridized carbons (Fsp3) is 0.667. The Hall–Kier alpha value is -1.19. The van der Waals surface area contributed by atoms with E-state index >= 15 is 0 Å². The summed E-state index contributed by atoms with van der Waals surface area (Å²) < 4.78 is 0. The van der Waals surface area contributed by atoms with Gasteiger partial charge in [0, 0.05) is 6.42 Å². The molecule has 0 aromatic heterocycles. The number of amides is 1. The zero-order chi connectivity index (χ0) is 10.4. The van der Waals surface area contributed by atoms with Crippen molar-refractivity contribution in [2.45, 2.75) is 33.1 Å². The van der Waals surface area contributed by atoms with Gasteiger partial charge in [-0.3, -0.25) is 20.1 Å². The number of hydrogen-bond acceptors (Lipinski definition) is 3. The monoisotopic (exact) mass is 184 g/mol. The lowest BCUT2D eigenvalue weighted by molar-refractivity contribution is -0.131. The first-order chi connectivity index (χ1) is 5.95. The number of carbonyl (C=O) groups is 3. The average molecular weight is 184 g/mol. The van der Waals surface area contributed by atoms with Crippen molar-refractivity contribution in [1.82, 2.24) is 5.73 Å². The van der Waals surface area contributed by atoms with E-state index in [2.05, 4.69) is 0 Å². The molecule has 1 N–H and O–H groups in total. The highest BCUT2D eigenvalue weighted by Crippen LogP contribution is 2.10. The molecule has 0 rings (SSSR count). The van der Waals surface area contributed by atoms with Gasteiger partial charge in [0.25, 0.3) is 0 Å². The van der Waals surface area contributed by atoms with Crippen LogP contribution in [0.15, 0.2) is 0 Å². The van der Waals surface area contributed by atoms with E-state index in [-0.39, 0.29) is 18.0 Å². The molecule has 0 unspecified atom stereocenters. The Balaban J connectivity index is 3.91. The van der Waals surface area contributed by atoms with Crippen molar-refractivity contribution < 1.29 is 14.4 Å². The van der Waals surface area contributed by atoms with E-state index in [1.807, 2.05) is 0 Å². The molecule has 0 aliphatic carbocycles. The summed E-state index contributed by atoms with van der Waals surface area (Å²) in [6, 6.07) is 0. The van der Waals surface area contributed by atoms with Crippen LogP contribution in [0.3, 0.4) is 0 Å². The molecule has 0 fully saturated rings. The van der Waals surface area contributed by atoms with Gasteiger partial charge in [0.1, 0.15) is 11.6 Å². The fourth-order valence-corrected chi connectivity index (χ4v) is 1.16. The largest absolute Gasteiger partial charge is 0.299 e. The predicted molar refractivity (Wildman–Crippen MR) is 46.8 cm³/mol. The normalized spacial score (nSPS) is 10.1. The maximum absolute atomic E-state index is 10.9. The summed E-state index contributed by atoms with van der Waals surface area (Å²) in [4.78, 5) is 32.1. The first-order valence-corrected chi connectivity index (χ1v) is 4.20. The van der Waals surface area contributed by atoms with Gasteiger partial charge in [0.05, 0.1) is 5.92 Å². The molecule has 0 aliphatic rings. The van der Waals surface area contributed by atoms with Crippen LogP contribution in [0.25, 0.3) is 0 Å². The van der Waals surface area contributed by atoms with Crippen LogP contribution in [-0.4, -0.2) is 17.5 Å². The van der Waals surface area contributed by atoms with E-state index in [0.29, 0.717) is 12.8 Å². The predicted octanol–water partition coefficient (Wildman–Crippen LogP) is 0.760. The van der Waals surface area contributed by atoms with Crippen LogP contribution in [0, 0.1) is 5.92 Å². The number of rotatable bonds is 6. The molecule has 13 heavy (non-hydrogen) atoms. The van der Waals surface area contributed by atoms with E-state index in [9.17, 15) is 14.4 Å². The Labute approximate surface area is 77.5 Å². The van der Waals surface area contributed by atoms with E-state index in [1.54, 1.807) is 0 Å². The summed E-state index contributed by atoms with van der Waals surface area (Å²) in [6.07, 6.45) is 0.943. The molecule has 0 aliphatic heterocycles. The minimum absolute atomic E-state index is 0.122. The zero-order valence-corrected chi connectivity index (χ0v) is 7.92. The van der Waals surface area contributed by atoms with Crippen molar-refractivity contribution in [3.05, 3.63) is 0 Å². The second-order valence-corrected chi connectivity index (χ2v) is 3.09.